The topological polar surface area (TPSA) is 38.7 Å². The van der Waals surface area contributed by atoms with E-state index in [0.29, 0.717) is 12.5 Å². The molecule has 22 heavy (non-hydrogen) atoms. The van der Waals surface area contributed by atoms with Gasteiger partial charge in [0.25, 0.3) is 0 Å². The Balaban J connectivity index is 1.67. The minimum absolute atomic E-state index is 0.329. The van der Waals surface area contributed by atoms with Gasteiger partial charge >= 0.3 is 0 Å². The Hall–Kier alpha value is -1.52. The van der Waals surface area contributed by atoms with Crippen LogP contribution in [0, 0.1) is 12.8 Å². The molecule has 1 saturated heterocycles. The Labute approximate surface area is 133 Å². The quantitative estimate of drug-likeness (QED) is 0.896. The number of aliphatic hydroxyl groups is 1. The highest BCUT2D eigenvalue weighted by atomic mass is 16.3. The fourth-order valence-electron chi connectivity index (χ4n) is 3.49. The van der Waals surface area contributed by atoms with Crippen LogP contribution in [0.25, 0.3) is 0 Å². The summed E-state index contributed by atoms with van der Waals surface area (Å²) in [7, 11) is 0. The number of anilines is 2. The molecular weight excluding hydrogens is 274 g/mol. The molecule has 0 aliphatic carbocycles. The van der Waals surface area contributed by atoms with Crippen LogP contribution >= 0.6 is 0 Å². The maximum Gasteiger partial charge on any atom is 0.0728 e. The molecule has 4 nitrogen and oxygen atoms in total. The number of aryl methyl sites for hydroxylation is 1. The molecule has 2 N–H and O–H groups in total. The second-order valence-corrected chi connectivity index (χ2v) is 6.38. The Morgan fingerprint density at radius 3 is 2.73 bits per heavy atom. The number of benzene rings is 1. The van der Waals surface area contributed by atoms with E-state index in [4.69, 9.17) is 5.11 Å². The minimum atomic E-state index is 0.329. The van der Waals surface area contributed by atoms with Crippen molar-refractivity contribution in [2.75, 3.05) is 42.7 Å². The zero-order chi connectivity index (χ0) is 15.4. The van der Waals surface area contributed by atoms with E-state index in [1.54, 1.807) is 0 Å². The maximum atomic E-state index is 9.06. The van der Waals surface area contributed by atoms with Crippen LogP contribution in [0.15, 0.2) is 30.5 Å². The van der Waals surface area contributed by atoms with Crippen LogP contribution in [0.2, 0.25) is 0 Å². The van der Waals surface area contributed by atoms with Gasteiger partial charge in [-0.05, 0) is 55.9 Å². The molecule has 0 spiro atoms. The summed E-state index contributed by atoms with van der Waals surface area (Å²) < 4.78 is 0. The Morgan fingerprint density at radius 1 is 1.27 bits per heavy atom. The van der Waals surface area contributed by atoms with Crippen molar-refractivity contribution < 1.29 is 5.11 Å². The predicted molar refractivity (Wildman–Crippen MR) is 92.3 cm³/mol. The number of nitrogens with one attached hydrogen (secondary N) is 1. The summed E-state index contributed by atoms with van der Waals surface area (Å²) in [6.45, 7) is 6.57. The Morgan fingerprint density at radius 2 is 2.09 bits per heavy atom. The summed E-state index contributed by atoms with van der Waals surface area (Å²) in [5, 5.41) is 12.4. The van der Waals surface area contributed by atoms with Gasteiger partial charge < -0.3 is 14.9 Å². The average Bonchev–Trinajstić information content (AvgIpc) is 2.56. The van der Waals surface area contributed by atoms with E-state index in [-0.39, 0.29) is 0 Å². The molecule has 0 atom stereocenters. The predicted octanol–water partition coefficient (Wildman–Crippen LogP) is 2.47. The number of piperidine rings is 1. The van der Waals surface area contributed by atoms with E-state index >= 15 is 0 Å². The van der Waals surface area contributed by atoms with E-state index in [9.17, 15) is 0 Å². The molecule has 2 heterocycles. The van der Waals surface area contributed by atoms with E-state index in [1.165, 1.54) is 29.8 Å². The van der Waals surface area contributed by atoms with E-state index in [2.05, 4.69) is 52.5 Å². The van der Waals surface area contributed by atoms with Crippen molar-refractivity contribution in [2.24, 2.45) is 5.92 Å². The molecule has 0 amide bonds. The average molecular weight is 301 g/mol. The Kier molecular flexibility index (Phi) is 5.01. The highest BCUT2D eigenvalue weighted by Crippen LogP contribution is 2.29. The van der Waals surface area contributed by atoms with Gasteiger partial charge in [0, 0.05) is 43.8 Å². The van der Waals surface area contributed by atoms with Crippen LogP contribution in [-0.4, -0.2) is 38.0 Å². The molecule has 0 saturated carbocycles. The van der Waals surface area contributed by atoms with Gasteiger partial charge in [-0.2, -0.15) is 0 Å². The van der Waals surface area contributed by atoms with Crippen molar-refractivity contribution in [3.63, 3.8) is 0 Å². The molecule has 0 unspecified atom stereocenters. The lowest BCUT2D eigenvalue weighted by Gasteiger charge is -2.34. The summed E-state index contributed by atoms with van der Waals surface area (Å²) in [5.41, 5.74) is 3.93. The first-order valence-corrected chi connectivity index (χ1v) is 8.38. The molecule has 4 heteroatoms. The molecule has 0 radical (unpaired) electrons. The number of rotatable bonds is 4. The standard InChI is InChI=1S/C18H27N3O/c1-15-13-17(20-10-5-16(6-11-20)7-12-22)3-4-18(15)21-9-2-8-19-14-21/h2-4,9,13,16,19,22H,5-8,10-12,14H2,1H3. The van der Waals surface area contributed by atoms with Crippen LogP contribution in [0.5, 0.6) is 0 Å². The molecule has 2 aliphatic heterocycles. The summed E-state index contributed by atoms with van der Waals surface area (Å²) in [5.74, 6) is 0.700. The third kappa shape index (κ3) is 3.45. The van der Waals surface area contributed by atoms with Crippen LogP contribution in [-0.2, 0) is 0 Å². The third-order valence-corrected chi connectivity index (χ3v) is 4.84. The molecule has 2 aliphatic rings. The van der Waals surface area contributed by atoms with Gasteiger partial charge in [-0.3, -0.25) is 5.32 Å². The van der Waals surface area contributed by atoms with Crippen molar-refractivity contribution in [3.8, 4) is 0 Å². The van der Waals surface area contributed by atoms with Gasteiger partial charge in [-0.15, -0.1) is 0 Å². The van der Waals surface area contributed by atoms with Gasteiger partial charge in [0.05, 0.1) is 6.67 Å². The van der Waals surface area contributed by atoms with Gasteiger partial charge in [-0.25, -0.2) is 0 Å². The summed E-state index contributed by atoms with van der Waals surface area (Å²) in [4.78, 5) is 4.74. The van der Waals surface area contributed by atoms with Crippen molar-refractivity contribution in [2.45, 2.75) is 26.2 Å². The van der Waals surface area contributed by atoms with Crippen molar-refractivity contribution in [1.29, 1.82) is 0 Å². The number of nitrogens with zero attached hydrogens (tertiary/aromatic N) is 2. The molecule has 120 valence electrons. The Bertz CT molecular complexity index is 521. The summed E-state index contributed by atoms with van der Waals surface area (Å²) in [6.07, 6.45) is 7.67. The zero-order valence-corrected chi connectivity index (χ0v) is 13.5. The highest BCUT2D eigenvalue weighted by molar-refractivity contribution is 5.63. The normalized spacial score (nSPS) is 19.7. The van der Waals surface area contributed by atoms with Crippen LogP contribution in [0.1, 0.15) is 24.8 Å². The summed E-state index contributed by atoms with van der Waals surface area (Å²) >= 11 is 0. The lowest BCUT2D eigenvalue weighted by atomic mass is 9.93. The fourth-order valence-corrected chi connectivity index (χ4v) is 3.49. The largest absolute Gasteiger partial charge is 0.396 e. The van der Waals surface area contributed by atoms with Gasteiger partial charge in [0.1, 0.15) is 0 Å². The van der Waals surface area contributed by atoms with Gasteiger partial charge in [0.15, 0.2) is 0 Å². The second kappa shape index (κ2) is 7.16. The van der Waals surface area contributed by atoms with Crippen molar-refractivity contribution in [3.05, 3.63) is 36.0 Å². The summed E-state index contributed by atoms with van der Waals surface area (Å²) in [6, 6.07) is 6.79. The smallest absolute Gasteiger partial charge is 0.0728 e. The van der Waals surface area contributed by atoms with E-state index in [0.717, 1.165) is 32.7 Å². The first-order chi connectivity index (χ1) is 10.8. The molecule has 1 aromatic rings. The lowest BCUT2D eigenvalue weighted by Crippen LogP contribution is -2.35. The molecular formula is C18H27N3O. The molecule has 0 aromatic heterocycles. The number of hydrogen-bond acceptors (Lipinski definition) is 4. The SMILES string of the molecule is Cc1cc(N2CCC(CCO)CC2)ccc1N1C=CCNC1. The van der Waals surface area contributed by atoms with Crippen LogP contribution in [0.3, 0.4) is 0 Å². The van der Waals surface area contributed by atoms with Crippen molar-refractivity contribution in [1.82, 2.24) is 5.32 Å². The lowest BCUT2D eigenvalue weighted by molar-refractivity contribution is 0.240. The number of hydrogen-bond donors (Lipinski definition) is 2. The first kappa shape index (κ1) is 15.4. The highest BCUT2D eigenvalue weighted by Gasteiger charge is 2.19. The molecule has 1 fully saturated rings. The van der Waals surface area contributed by atoms with Crippen LogP contribution in [0.4, 0.5) is 11.4 Å². The monoisotopic (exact) mass is 301 g/mol. The first-order valence-electron chi connectivity index (χ1n) is 8.38. The molecule has 3 rings (SSSR count). The van der Waals surface area contributed by atoms with Crippen LogP contribution < -0.4 is 15.1 Å². The van der Waals surface area contributed by atoms with Gasteiger partial charge in [0.2, 0.25) is 0 Å². The number of aliphatic hydroxyl groups excluding tert-OH is 1. The fraction of sp³-hybridized carbons (Fsp3) is 0.556. The third-order valence-electron chi connectivity index (χ3n) is 4.84. The van der Waals surface area contributed by atoms with Gasteiger partial charge in [-0.1, -0.05) is 6.08 Å². The molecule has 1 aromatic carbocycles. The molecule has 0 bridgehead atoms. The zero-order valence-electron chi connectivity index (χ0n) is 13.5. The van der Waals surface area contributed by atoms with Crippen molar-refractivity contribution >= 4 is 11.4 Å². The van der Waals surface area contributed by atoms with E-state index < -0.39 is 0 Å². The van der Waals surface area contributed by atoms with E-state index in [1.807, 2.05) is 0 Å². The maximum absolute atomic E-state index is 9.06. The second-order valence-electron chi connectivity index (χ2n) is 6.38. The minimum Gasteiger partial charge on any atom is -0.396 e.